The van der Waals surface area contributed by atoms with Crippen molar-refractivity contribution in [3.63, 3.8) is 0 Å². The van der Waals surface area contributed by atoms with Crippen LogP contribution in [0.25, 0.3) is 10.8 Å². The van der Waals surface area contributed by atoms with Crippen LogP contribution in [-0.4, -0.2) is 261 Å². The predicted molar refractivity (Wildman–Crippen MR) is 509 cm³/mol. The molecule has 0 saturated carbocycles. The summed E-state index contributed by atoms with van der Waals surface area (Å²) in [7, 11) is 0. The number of rotatable bonds is 37. The highest BCUT2D eigenvalue weighted by molar-refractivity contribution is 6.01. The van der Waals surface area contributed by atoms with Crippen molar-refractivity contribution < 1.29 is 92.0 Å². The van der Waals surface area contributed by atoms with Crippen molar-refractivity contribution in [1.29, 1.82) is 0 Å². The molecule has 0 aliphatic carbocycles. The zero-order valence-electron chi connectivity index (χ0n) is 78.8. The van der Waals surface area contributed by atoms with Crippen LogP contribution in [0.5, 0.6) is 11.5 Å². The van der Waals surface area contributed by atoms with Gasteiger partial charge in [-0.25, -0.2) is 9.67 Å². The average molecular weight is 1910 g/mol. The first-order valence-electron chi connectivity index (χ1n) is 47.4. The minimum atomic E-state index is -2.08. The molecule has 6 heterocycles. The number of nitrogens with zero attached hydrogens (tertiary/aromatic N) is 7. The molecule has 4 aliphatic rings. The van der Waals surface area contributed by atoms with Gasteiger partial charge < -0.3 is 99.1 Å². The van der Waals surface area contributed by atoms with Crippen LogP contribution >= 0.6 is 0 Å². The molecule has 4 aliphatic heterocycles. The van der Waals surface area contributed by atoms with E-state index < -0.39 is 181 Å². The van der Waals surface area contributed by atoms with Crippen molar-refractivity contribution in [2.45, 2.75) is 254 Å². The highest BCUT2D eigenvalue weighted by atomic mass is 16.5. The quantitative estimate of drug-likeness (QED) is 0.0266. The molecule has 1 unspecified atom stereocenters. The van der Waals surface area contributed by atoms with Crippen LogP contribution in [0, 0.1) is 11.8 Å². The number of aromatic hydroxyl groups is 2. The third-order valence-corrected chi connectivity index (χ3v) is 25.5. The Morgan fingerprint density at radius 3 is 1.65 bits per heavy atom. The number of primary amides is 1. The van der Waals surface area contributed by atoms with Gasteiger partial charge in [-0.2, -0.15) is 0 Å². The number of likely N-dealkylation sites (tertiary alicyclic amines) is 2. The Morgan fingerprint density at radius 1 is 0.511 bits per heavy atom. The van der Waals surface area contributed by atoms with E-state index in [9.17, 15) is 39.3 Å². The molecule has 0 spiro atoms. The summed E-state index contributed by atoms with van der Waals surface area (Å²) in [5.41, 5.74) is 9.00. The number of benzene rings is 6. The third kappa shape index (κ3) is 29.5. The number of nitrogens with one attached hydrogen (secondary N) is 12. The number of amides is 14. The van der Waals surface area contributed by atoms with E-state index in [2.05, 4.69) is 83.7 Å². The second-order valence-electron chi connectivity index (χ2n) is 37.1. The number of carboxylic acids is 1. The predicted octanol–water partition coefficient (Wildman–Crippen LogP) is 2.57. The number of fused-ring (bicyclic) bond motifs is 3. The summed E-state index contributed by atoms with van der Waals surface area (Å²) in [5.74, 6) is -13.8. The van der Waals surface area contributed by atoms with E-state index in [1.54, 1.807) is 71.6 Å². The summed E-state index contributed by atoms with van der Waals surface area (Å²) in [4.78, 5) is 234. The third-order valence-electron chi connectivity index (χ3n) is 25.5. The molecule has 0 radical (unpaired) electrons. The number of aryl methyl sites for hydroxylation is 1. The molecular formula is C100H126N20O19. The van der Waals surface area contributed by atoms with Crippen LogP contribution in [0.4, 0.5) is 0 Å². The maximum atomic E-state index is 15.8. The van der Waals surface area contributed by atoms with Crippen LogP contribution < -0.4 is 64.2 Å². The molecule has 0 bridgehead atoms. The van der Waals surface area contributed by atoms with Gasteiger partial charge in [-0.15, -0.1) is 5.10 Å². The van der Waals surface area contributed by atoms with Crippen LogP contribution in [0.1, 0.15) is 151 Å². The normalized spacial score (nSPS) is 20.3. The largest absolute Gasteiger partial charge is 0.508 e. The van der Waals surface area contributed by atoms with Gasteiger partial charge >= 0.3 is 5.97 Å². The highest BCUT2D eigenvalue weighted by Crippen LogP contribution is 2.31. The van der Waals surface area contributed by atoms with Gasteiger partial charge in [-0.05, 0) is 152 Å². The molecule has 3 fully saturated rings. The fourth-order valence-electron chi connectivity index (χ4n) is 18.5. The first-order valence-corrected chi connectivity index (χ1v) is 47.4. The van der Waals surface area contributed by atoms with E-state index in [1.807, 2.05) is 71.0 Å². The highest BCUT2D eigenvalue weighted by Gasteiger charge is 2.46. The second-order valence-corrected chi connectivity index (χ2v) is 37.1. The summed E-state index contributed by atoms with van der Waals surface area (Å²) in [6.07, 6.45) is 4.47. The van der Waals surface area contributed by atoms with E-state index in [1.165, 1.54) is 83.8 Å². The molecule has 139 heavy (non-hydrogen) atoms. The van der Waals surface area contributed by atoms with E-state index in [-0.39, 0.29) is 137 Å². The Morgan fingerprint density at radius 2 is 1.04 bits per heavy atom. The molecule has 14 amide bonds. The molecule has 2 aromatic heterocycles. The number of aromatic nitrogens is 5. The van der Waals surface area contributed by atoms with Gasteiger partial charge in [0.05, 0.1) is 43.9 Å². The Bertz CT molecular complexity index is 5610. The van der Waals surface area contributed by atoms with Crippen molar-refractivity contribution in [2.75, 3.05) is 26.2 Å². The van der Waals surface area contributed by atoms with Crippen LogP contribution in [0.15, 0.2) is 170 Å². The average Bonchev–Trinajstić information content (AvgIpc) is 1.66. The molecule has 15 atom stereocenters. The minimum absolute atomic E-state index is 0.0249. The molecule has 8 aromatic rings. The Labute approximate surface area is 805 Å². The maximum Gasteiger partial charge on any atom is 0.305 e. The fraction of sp³-hybridized carbons (Fsp3) is 0.460. The van der Waals surface area contributed by atoms with Crippen molar-refractivity contribution >= 4 is 99.4 Å². The molecule has 3 saturated heterocycles. The number of hydrogen-bond acceptors (Lipinski definition) is 22. The van der Waals surface area contributed by atoms with Crippen molar-refractivity contribution in [2.24, 2.45) is 17.6 Å². The van der Waals surface area contributed by atoms with Crippen LogP contribution in [0.3, 0.4) is 0 Å². The van der Waals surface area contributed by atoms with Gasteiger partial charge in [-0.3, -0.25) is 76.8 Å². The summed E-state index contributed by atoms with van der Waals surface area (Å²) < 4.78 is 7.75. The van der Waals surface area contributed by atoms with Gasteiger partial charge in [-0.1, -0.05) is 160 Å². The topological polar surface area (TPSA) is 553 Å². The standard InChI is InChI=1S/C100H126N20O19/c1-58(2)43-74(90(128)113-81(44-59(3)4)99(137)118-40-16-26-84(118)60(5)117-39-17-27-85(117)88(101)126)107-97(135)83-56-139-55-70-54-104-116-120(70)42-15-25-73(89(127)114-82(49-65-32-37-72(123)38-33-65)100(138)119-41-18-28-86(119)98(136)112-78(94(132)115-83)50-66-29-34-67-23-13-14-24-68(67)45-66)106-96(134)80(52-87(124)125)111-93(131)77(48-64-30-35-71(122)36-31-64)108-92(130)76(47-63-21-11-8-12-22-63)109-95(133)79(51-69-53-102-57-103-69)110-91(129)75(105-61(6)121)46-62-19-9-7-10-20-62/h7-14,19-24,29-38,45,53-54,57-60,73-86,122-123H,15-18,25-28,39-44,46-52,55-56H2,1-6H3,(H2,101,126)(H,102,103)(H,105,121)(H,106,134)(H,107,135)(H,108,130)(H,109,133)(H,110,129)(H,111,131)(H,112,136)(H,113,128)(H,114,127)(H,115,132)(H,124,125)/t60?,73-,74-,75-,76-,77-,78-,79-,80-,81-,82-,83-,84-,85-,86-/m0/s1. The lowest BCUT2D eigenvalue weighted by molar-refractivity contribution is -0.143. The first-order chi connectivity index (χ1) is 66.7. The second kappa shape index (κ2) is 49.5. The molecular weight excluding hydrogens is 1790 g/mol. The van der Waals surface area contributed by atoms with Gasteiger partial charge in [0, 0.05) is 89.1 Å². The Balaban J connectivity index is 0.837. The minimum Gasteiger partial charge on any atom is -0.508 e. The summed E-state index contributed by atoms with van der Waals surface area (Å²) in [5, 5.41) is 72.1. The number of carbonyl (C=O) groups excluding carboxylic acids is 14. The SMILES string of the molecule is CC(=O)N[C@@H](Cc1ccccc1)C(=O)N[C@@H](Cc1cnc[nH]1)C(=O)N[C@@H](Cc1ccccc1)C(=O)N[C@@H](Cc1ccc(O)cc1)C(=O)N[C@@H](CC(=O)O)C(=O)N[C@H]1CCCn2nncc2COC[C@@H](C(=O)N[C@@H](CC(C)C)C(=O)N[C@@H](CC(C)C)C(=O)N2CCC[C@H]2C(C)N2CCC[C@H]2C(N)=O)NC(=O)[C@H](Cc2ccc3ccccc3c2)NC(=O)[C@@H]2CCCN2C(=O)[C@H](Cc2ccc(O)cc2)NC1=O. The van der Waals surface area contributed by atoms with Crippen LogP contribution in [-0.2, 0) is 128 Å². The van der Waals surface area contributed by atoms with Crippen LogP contribution in [0.2, 0.25) is 0 Å². The molecule has 17 N–H and O–H groups in total. The van der Waals surface area contributed by atoms with Gasteiger partial charge in [0.15, 0.2) is 0 Å². The van der Waals surface area contributed by atoms with Crippen molar-refractivity contribution in [3.05, 3.63) is 210 Å². The number of imidazole rings is 1. The number of hydrogen-bond donors (Lipinski definition) is 16. The number of phenols is 2. The lowest BCUT2D eigenvalue weighted by Gasteiger charge is -2.39. The fourth-order valence-corrected chi connectivity index (χ4v) is 18.5. The van der Waals surface area contributed by atoms with Crippen molar-refractivity contribution in [1.82, 2.24) is 98.1 Å². The first kappa shape index (κ1) is 103. The van der Waals surface area contributed by atoms with E-state index in [0.29, 0.717) is 65.9 Å². The molecule has 740 valence electrons. The zero-order chi connectivity index (χ0) is 99.5. The number of H-pyrrole nitrogens is 1. The lowest BCUT2D eigenvalue weighted by atomic mass is 9.98. The lowest BCUT2D eigenvalue weighted by Crippen LogP contribution is -2.62. The molecule has 39 heteroatoms. The number of carbonyl (C=O) groups is 15. The summed E-state index contributed by atoms with van der Waals surface area (Å²) in [6.45, 7) is 10.6. The summed E-state index contributed by atoms with van der Waals surface area (Å²) >= 11 is 0. The van der Waals surface area contributed by atoms with E-state index in [4.69, 9.17) is 10.5 Å². The smallest absolute Gasteiger partial charge is 0.305 e. The number of aliphatic carboxylic acids is 1. The molecule has 6 aromatic carbocycles. The van der Waals surface area contributed by atoms with Gasteiger partial charge in [0.2, 0.25) is 82.7 Å². The zero-order valence-corrected chi connectivity index (χ0v) is 78.8. The molecule has 39 nitrogen and oxygen atoms in total. The number of aromatic amines is 1. The number of ether oxygens (including phenoxy) is 1. The number of nitrogens with two attached hydrogens (primary N) is 1. The number of carboxylic acid groups (broad SMARTS) is 1. The van der Waals surface area contributed by atoms with Crippen molar-refractivity contribution in [3.8, 4) is 11.5 Å². The van der Waals surface area contributed by atoms with Gasteiger partial charge in [0.1, 0.15) is 84.0 Å². The maximum absolute atomic E-state index is 15.8. The summed E-state index contributed by atoms with van der Waals surface area (Å²) in [6, 6.07) is 22.1. The van der Waals surface area contributed by atoms with E-state index >= 15 is 47.9 Å². The monoisotopic (exact) mass is 1910 g/mol. The Kier molecular flexibility index (Phi) is 36.8. The Hall–Kier alpha value is -14.5. The number of phenolic OH excluding ortho intramolecular Hbond substituents is 2. The van der Waals surface area contributed by atoms with Gasteiger partial charge in [0.25, 0.3) is 0 Å². The van der Waals surface area contributed by atoms with E-state index in [0.717, 1.165) is 17.2 Å². The molecule has 12 rings (SSSR count).